The van der Waals surface area contributed by atoms with E-state index in [0.717, 1.165) is 31.9 Å². The van der Waals surface area contributed by atoms with Gasteiger partial charge in [-0.3, -0.25) is 14.4 Å². The molecule has 0 aliphatic carbocycles. The molecule has 1 aliphatic heterocycles. The van der Waals surface area contributed by atoms with E-state index in [1.165, 1.54) is 11.3 Å². The van der Waals surface area contributed by atoms with Gasteiger partial charge in [-0.15, -0.1) is 0 Å². The lowest BCUT2D eigenvalue weighted by molar-refractivity contribution is -0.122. The molecule has 0 saturated heterocycles. The topological polar surface area (TPSA) is 80.5 Å². The van der Waals surface area contributed by atoms with Crippen LogP contribution in [0.25, 0.3) is 0 Å². The van der Waals surface area contributed by atoms with Gasteiger partial charge >= 0.3 is 0 Å². The molecule has 0 amide bonds. The predicted molar refractivity (Wildman–Crippen MR) is 80.6 cm³/mol. The second-order valence-corrected chi connectivity index (χ2v) is 5.03. The first-order valence-electron chi connectivity index (χ1n) is 6.98. The molecular formula is C15H20N4O3. The number of fused-ring (bicyclic) bond motifs is 1. The number of aromatic nitrogens is 3. The molecule has 0 saturated carbocycles. The van der Waals surface area contributed by atoms with Gasteiger partial charge in [0.2, 0.25) is 5.88 Å². The fourth-order valence-electron chi connectivity index (χ4n) is 2.48. The second kappa shape index (κ2) is 7.56. The average Bonchev–Trinajstić information content (AvgIpc) is 2.88. The summed E-state index contributed by atoms with van der Waals surface area (Å²) < 4.78 is 7.18. The van der Waals surface area contributed by atoms with E-state index < -0.39 is 0 Å². The molecule has 0 atom stereocenters. The largest absolute Gasteiger partial charge is 0.483 e. The molecule has 118 valence electrons. The molecule has 0 fully saturated rings. The van der Waals surface area contributed by atoms with Crippen LogP contribution in [0.5, 0.6) is 5.88 Å². The molecule has 0 aromatic carbocycles. The van der Waals surface area contributed by atoms with Crippen molar-refractivity contribution in [2.45, 2.75) is 26.6 Å². The number of methoxy groups -OCH3 is 1. The van der Waals surface area contributed by atoms with E-state index in [-0.39, 0.29) is 6.47 Å². The Hall–Kier alpha value is -2.41. The molecule has 1 N–H and O–H groups in total. The zero-order valence-electron chi connectivity index (χ0n) is 12.8. The summed E-state index contributed by atoms with van der Waals surface area (Å²) >= 11 is 0. The van der Waals surface area contributed by atoms with Crippen LogP contribution in [0.1, 0.15) is 17.0 Å². The lowest BCUT2D eigenvalue weighted by Crippen LogP contribution is -2.33. The van der Waals surface area contributed by atoms with Crippen molar-refractivity contribution in [3.63, 3.8) is 0 Å². The summed E-state index contributed by atoms with van der Waals surface area (Å²) in [5.74, 6) is 0.663. The maximum absolute atomic E-state index is 8.36. The number of hydrogen-bond acceptors (Lipinski definition) is 5. The maximum atomic E-state index is 8.36. The van der Waals surface area contributed by atoms with Gasteiger partial charge < -0.3 is 9.84 Å². The van der Waals surface area contributed by atoms with Crippen LogP contribution < -0.4 is 4.74 Å². The van der Waals surface area contributed by atoms with Gasteiger partial charge in [0.1, 0.15) is 0 Å². The van der Waals surface area contributed by atoms with Crippen LogP contribution in [0, 0.1) is 6.92 Å². The van der Waals surface area contributed by atoms with Crippen molar-refractivity contribution in [1.29, 1.82) is 0 Å². The number of hydrogen-bond donors (Lipinski definition) is 1. The molecule has 2 aromatic rings. The van der Waals surface area contributed by atoms with Gasteiger partial charge in [-0.25, -0.2) is 4.98 Å². The van der Waals surface area contributed by atoms with E-state index in [0.29, 0.717) is 5.88 Å². The molecular weight excluding hydrogens is 284 g/mol. The third-order valence-electron chi connectivity index (χ3n) is 3.41. The van der Waals surface area contributed by atoms with Gasteiger partial charge in [-0.2, -0.15) is 5.10 Å². The van der Waals surface area contributed by atoms with Gasteiger partial charge in [0.05, 0.1) is 25.0 Å². The number of ether oxygens (including phenoxy) is 1. The molecule has 0 bridgehead atoms. The first-order chi connectivity index (χ1) is 10.7. The molecule has 0 radical (unpaired) electrons. The normalized spacial score (nSPS) is 13.7. The molecule has 0 unspecified atom stereocenters. The van der Waals surface area contributed by atoms with E-state index in [4.69, 9.17) is 14.6 Å². The number of rotatable bonds is 3. The first kappa shape index (κ1) is 16.0. The van der Waals surface area contributed by atoms with Crippen LogP contribution in [-0.4, -0.2) is 44.9 Å². The lowest BCUT2D eigenvalue weighted by Gasteiger charge is -2.27. The number of carboxylic acid groups (broad SMARTS) is 1. The number of nitrogens with zero attached hydrogens (tertiary/aromatic N) is 4. The van der Waals surface area contributed by atoms with Gasteiger partial charge in [0, 0.05) is 31.9 Å². The predicted octanol–water partition coefficient (Wildman–Crippen LogP) is 1.31. The van der Waals surface area contributed by atoms with Gasteiger partial charge in [0.15, 0.2) is 0 Å². The highest BCUT2D eigenvalue weighted by Gasteiger charge is 2.17. The molecule has 1 aliphatic rings. The molecule has 7 heteroatoms. The third kappa shape index (κ3) is 4.05. The number of pyridine rings is 1. The summed E-state index contributed by atoms with van der Waals surface area (Å²) in [6, 6.07) is 6.15. The van der Waals surface area contributed by atoms with E-state index in [9.17, 15) is 0 Å². The molecule has 0 spiro atoms. The first-order valence-corrected chi connectivity index (χ1v) is 6.98. The van der Waals surface area contributed by atoms with Crippen molar-refractivity contribution in [2.24, 2.45) is 0 Å². The Labute approximate surface area is 129 Å². The Kier molecular flexibility index (Phi) is 5.48. The summed E-state index contributed by atoms with van der Waals surface area (Å²) in [6.07, 6.45) is 1.88. The van der Waals surface area contributed by atoms with Crippen LogP contribution in [0.15, 0.2) is 24.4 Å². The fraction of sp³-hybridized carbons (Fsp3) is 0.400. The Balaban J connectivity index is 0.000000545. The molecule has 3 heterocycles. The molecule has 3 rings (SSSR count). The van der Waals surface area contributed by atoms with Gasteiger partial charge in [-0.1, -0.05) is 6.07 Å². The standard InChI is InChI=1S/C14H18N4O.CH2O2/c1-11-7-13-10-17(5-6-18(13)16-11)9-12-3-4-14(19-2)15-8-12;2-1-3/h3-4,7-8H,5-6,9-10H2,1-2H3;1H,(H,2,3). The van der Waals surface area contributed by atoms with Crippen molar-refractivity contribution in [3.8, 4) is 5.88 Å². The Bertz CT molecular complexity index is 610. The summed E-state index contributed by atoms with van der Waals surface area (Å²) in [5.41, 5.74) is 3.61. The number of carbonyl (C=O) groups is 1. The monoisotopic (exact) mass is 304 g/mol. The van der Waals surface area contributed by atoms with Crippen LogP contribution >= 0.6 is 0 Å². The van der Waals surface area contributed by atoms with Gasteiger partial charge in [-0.05, 0) is 18.6 Å². The minimum absolute atomic E-state index is 0.250. The molecule has 7 nitrogen and oxygen atoms in total. The van der Waals surface area contributed by atoms with E-state index in [2.05, 4.69) is 31.8 Å². The quantitative estimate of drug-likeness (QED) is 0.861. The van der Waals surface area contributed by atoms with Crippen LogP contribution in [0.4, 0.5) is 0 Å². The minimum atomic E-state index is -0.250. The summed E-state index contributed by atoms with van der Waals surface area (Å²) in [7, 11) is 1.64. The van der Waals surface area contributed by atoms with Crippen LogP contribution in [-0.2, 0) is 24.4 Å². The molecule has 22 heavy (non-hydrogen) atoms. The van der Waals surface area contributed by atoms with Crippen molar-refractivity contribution < 1.29 is 14.6 Å². The van der Waals surface area contributed by atoms with E-state index in [1.807, 2.05) is 19.2 Å². The average molecular weight is 304 g/mol. The van der Waals surface area contributed by atoms with Crippen molar-refractivity contribution >= 4 is 6.47 Å². The second-order valence-electron chi connectivity index (χ2n) is 5.03. The minimum Gasteiger partial charge on any atom is -0.483 e. The van der Waals surface area contributed by atoms with E-state index >= 15 is 0 Å². The van der Waals surface area contributed by atoms with Gasteiger partial charge in [0.25, 0.3) is 6.47 Å². The lowest BCUT2D eigenvalue weighted by atomic mass is 10.2. The molecule has 2 aromatic heterocycles. The maximum Gasteiger partial charge on any atom is 0.290 e. The Morgan fingerprint density at radius 2 is 2.18 bits per heavy atom. The smallest absolute Gasteiger partial charge is 0.290 e. The van der Waals surface area contributed by atoms with E-state index in [1.54, 1.807) is 7.11 Å². The summed E-state index contributed by atoms with van der Waals surface area (Å²) in [4.78, 5) is 15.0. The Morgan fingerprint density at radius 3 is 2.82 bits per heavy atom. The van der Waals surface area contributed by atoms with Crippen LogP contribution in [0.3, 0.4) is 0 Å². The fourth-order valence-corrected chi connectivity index (χ4v) is 2.48. The zero-order valence-corrected chi connectivity index (χ0v) is 12.8. The van der Waals surface area contributed by atoms with Crippen molar-refractivity contribution in [2.75, 3.05) is 13.7 Å². The van der Waals surface area contributed by atoms with Crippen molar-refractivity contribution in [3.05, 3.63) is 41.3 Å². The summed E-state index contributed by atoms with van der Waals surface area (Å²) in [6.45, 7) is 5.66. The highest BCUT2D eigenvalue weighted by molar-refractivity contribution is 5.32. The highest BCUT2D eigenvalue weighted by atomic mass is 16.5. The van der Waals surface area contributed by atoms with Crippen molar-refractivity contribution in [1.82, 2.24) is 19.7 Å². The third-order valence-corrected chi connectivity index (χ3v) is 3.41. The number of aryl methyl sites for hydroxylation is 1. The van der Waals surface area contributed by atoms with Crippen LogP contribution in [0.2, 0.25) is 0 Å². The highest BCUT2D eigenvalue weighted by Crippen LogP contribution is 2.16. The Morgan fingerprint density at radius 1 is 1.41 bits per heavy atom. The summed E-state index contributed by atoms with van der Waals surface area (Å²) in [5, 5.41) is 11.4. The zero-order chi connectivity index (χ0) is 15.9. The SMILES string of the molecule is COc1ccc(CN2CCn3nc(C)cc3C2)cn1.O=CO.